The number of benzene rings is 1. The van der Waals surface area contributed by atoms with E-state index in [1.165, 1.54) is 5.56 Å². The summed E-state index contributed by atoms with van der Waals surface area (Å²) < 4.78 is 3.21. The molecule has 1 aromatic heterocycles. The second-order valence-corrected chi connectivity index (χ2v) is 7.20. The van der Waals surface area contributed by atoms with Crippen LogP contribution in [0.1, 0.15) is 31.7 Å². The van der Waals surface area contributed by atoms with Crippen molar-refractivity contribution in [1.82, 2.24) is 25.4 Å². The maximum Gasteiger partial charge on any atom is 0.191 e. The summed E-state index contributed by atoms with van der Waals surface area (Å²) in [6.07, 6.45) is 4.85. The number of aryl methyl sites for hydroxylation is 1. The predicted octanol–water partition coefficient (Wildman–Crippen LogP) is 3.04. The van der Waals surface area contributed by atoms with Crippen molar-refractivity contribution < 1.29 is 0 Å². The Balaban J connectivity index is 1.77. The normalized spacial score (nSPS) is 12.8. The van der Waals surface area contributed by atoms with Crippen LogP contribution in [-0.2, 0) is 19.4 Å². The molecule has 7 heteroatoms. The monoisotopic (exact) mass is 420 g/mol. The number of nitrogens with zero attached hydrogens (tertiary/aromatic N) is 4. The van der Waals surface area contributed by atoms with Gasteiger partial charge in [-0.1, -0.05) is 48.3 Å². The zero-order valence-electron chi connectivity index (χ0n) is 15.9. The van der Waals surface area contributed by atoms with Crippen LogP contribution in [0, 0.1) is 5.92 Å². The summed E-state index contributed by atoms with van der Waals surface area (Å²) in [5.41, 5.74) is 1.36. The van der Waals surface area contributed by atoms with Crippen molar-refractivity contribution in [3.05, 3.63) is 46.5 Å². The molecule has 0 aliphatic heterocycles. The maximum absolute atomic E-state index is 4.32. The number of halogens is 1. The van der Waals surface area contributed by atoms with Gasteiger partial charge in [0.05, 0.1) is 0 Å². The Bertz CT molecular complexity index is 697. The number of aliphatic imine (C=N–C) groups is 1. The van der Waals surface area contributed by atoms with Crippen molar-refractivity contribution in [3.8, 4) is 0 Å². The molecule has 0 bridgehead atoms. The molecule has 2 aromatic rings. The third kappa shape index (κ3) is 6.44. The van der Waals surface area contributed by atoms with Crippen LogP contribution in [-0.4, -0.2) is 40.9 Å². The van der Waals surface area contributed by atoms with Gasteiger partial charge in [-0.3, -0.25) is 4.99 Å². The molecule has 1 atom stereocenters. The highest BCUT2D eigenvalue weighted by atomic mass is 79.9. The Morgan fingerprint density at radius 2 is 2.15 bits per heavy atom. The molecular formula is C19H29BrN6. The van der Waals surface area contributed by atoms with Gasteiger partial charge in [0.15, 0.2) is 5.96 Å². The standard InChI is InChI=1S/C19H29BrN6/c1-4-15(11-16-7-6-8-17(20)12-16)13-23-19(21-3)22-9-10-26-14-24-25-18(26)5-2/h6-8,12,14-15H,4-5,9-11,13H2,1-3H3,(H2,21,22,23). The fraction of sp³-hybridized carbons (Fsp3) is 0.526. The predicted molar refractivity (Wildman–Crippen MR) is 110 cm³/mol. The van der Waals surface area contributed by atoms with Gasteiger partial charge in [-0.25, -0.2) is 0 Å². The van der Waals surface area contributed by atoms with E-state index in [0.717, 1.165) is 55.2 Å². The molecule has 0 amide bonds. The minimum atomic E-state index is 0.562. The lowest BCUT2D eigenvalue weighted by Crippen LogP contribution is -2.41. The summed E-state index contributed by atoms with van der Waals surface area (Å²) >= 11 is 3.55. The van der Waals surface area contributed by atoms with Crippen LogP contribution in [0.25, 0.3) is 0 Å². The Labute approximate surface area is 164 Å². The first-order chi connectivity index (χ1) is 12.7. The third-order valence-electron chi connectivity index (χ3n) is 4.43. The third-order valence-corrected chi connectivity index (χ3v) is 4.92. The first kappa shape index (κ1) is 20.4. The molecule has 0 saturated heterocycles. The highest BCUT2D eigenvalue weighted by Gasteiger charge is 2.09. The van der Waals surface area contributed by atoms with Gasteiger partial charge in [-0.2, -0.15) is 0 Å². The van der Waals surface area contributed by atoms with E-state index in [4.69, 9.17) is 0 Å². The van der Waals surface area contributed by atoms with E-state index in [9.17, 15) is 0 Å². The summed E-state index contributed by atoms with van der Waals surface area (Å²) in [5.74, 6) is 2.41. The Hall–Kier alpha value is -1.89. The maximum atomic E-state index is 4.32. The lowest BCUT2D eigenvalue weighted by atomic mass is 9.97. The van der Waals surface area contributed by atoms with Gasteiger partial charge in [-0.15, -0.1) is 10.2 Å². The molecule has 0 radical (unpaired) electrons. The minimum absolute atomic E-state index is 0.562. The van der Waals surface area contributed by atoms with Crippen molar-refractivity contribution >= 4 is 21.9 Å². The fourth-order valence-electron chi connectivity index (χ4n) is 2.85. The number of rotatable bonds is 9. The summed E-state index contributed by atoms with van der Waals surface area (Å²) in [6.45, 7) is 6.83. The van der Waals surface area contributed by atoms with Crippen LogP contribution in [0.2, 0.25) is 0 Å². The van der Waals surface area contributed by atoms with Gasteiger partial charge in [-0.05, 0) is 30.0 Å². The number of hydrogen-bond acceptors (Lipinski definition) is 3. The number of guanidine groups is 1. The minimum Gasteiger partial charge on any atom is -0.356 e. The van der Waals surface area contributed by atoms with Crippen molar-refractivity contribution in [3.63, 3.8) is 0 Å². The van der Waals surface area contributed by atoms with Crippen molar-refractivity contribution in [2.75, 3.05) is 20.1 Å². The summed E-state index contributed by atoms with van der Waals surface area (Å²) in [6, 6.07) is 8.54. The van der Waals surface area contributed by atoms with Gasteiger partial charge in [0.25, 0.3) is 0 Å². The molecule has 0 fully saturated rings. The molecule has 1 heterocycles. The van der Waals surface area contributed by atoms with E-state index in [-0.39, 0.29) is 0 Å². The van der Waals surface area contributed by atoms with E-state index in [1.807, 2.05) is 0 Å². The van der Waals surface area contributed by atoms with E-state index >= 15 is 0 Å². The number of hydrogen-bond donors (Lipinski definition) is 2. The van der Waals surface area contributed by atoms with Crippen molar-refractivity contribution in [2.24, 2.45) is 10.9 Å². The molecule has 142 valence electrons. The van der Waals surface area contributed by atoms with Crippen LogP contribution in [0.15, 0.2) is 40.1 Å². The van der Waals surface area contributed by atoms with Gasteiger partial charge < -0.3 is 15.2 Å². The van der Waals surface area contributed by atoms with E-state index < -0.39 is 0 Å². The molecule has 1 aromatic carbocycles. The molecule has 2 N–H and O–H groups in total. The molecule has 0 aliphatic carbocycles. The van der Waals surface area contributed by atoms with E-state index in [2.05, 4.69) is 84.4 Å². The highest BCUT2D eigenvalue weighted by molar-refractivity contribution is 9.10. The average molecular weight is 421 g/mol. The molecule has 6 nitrogen and oxygen atoms in total. The molecule has 0 spiro atoms. The van der Waals surface area contributed by atoms with Crippen LogP contribution < -0.4 is 10.6 Å². The quantitative estimate of drug-likeness (QED) is 0.483. The van der Waals surface area contributed by atoms with Gasteiger partial charge >= 0.3 is 0 Å². The molecule has 2 rings (SSSR count). The van der Waals surface area contributed by atoms with Crippen LogP contribution in [0.5, 0.6) is 0 Å². The topological polar surface area (TPSA) is 67.1 Å². The summed E-state index contributed by atoms with van der Waals surface area (Å²) in [7, 11) is 1.81. The Morgan fingerprint density at radius 1 is 1.31 bits per heavy atom. The Morgan fingerprint density at radius 3 is 2.85 bits per heavy atom. The molecule has 0 aliphatic rings. The molecule has 1 unspecified atom stereocenters. The van der Waals surface area contributed by atoms with Gasteiger partial charge in [0.1, 0.15) is 12.2 Å². The summed E-state index contributed by atoms with van der Waals surface area (Å²) in [4.78, 5) is 4.32. The number of aromatic nitrogens is 3. The summed E-state index contributed by atoms with van der Waals surface area (Å²) in [5, 5.41) is 14.9. The second-order valence-electron chi connectivity index (χ2n) is 6.28. The number of nitrogens with one attached hydrogen (secondary N) is 2. The van der Waals surface area contributed by atoms with Gasteiger partial charge in [0.2, 0.25) is 0 Å². The van der Waals surface area contributed by atoms with E-state index in [0.29, 0.717) is 5.92 Å². The van der Waals surface area contributed by atoms with E-state index in [1.54, 1.807) is 13.4 Å². The van der Waals surface area contributed by atoms with Crippen LogP contribution in [0.3, 0.4) is 0 Å². The largest absolute Gasteiger partial charge is 0.356 e. The first-order valence-electron chi connectivity index (χ1n) is 9.21. The smallest absolute Gasteiger partial charge is 0.191 e. The SMILES string of the molecule is CCc1nncn1CCNC(=NC)NCC(CC)Cc1cccc(Br)c1. The van der Waals surface area contributed by atoms with Crippen molar-refractivity contribution in [2.45, 2.75) is 39.7 Å². The first-order valence-corrected chi connectivity index (χ1v) is 10.0. The Kier molecular flexibility index (Phi) is 8.61. The zero-order chi connectivity index (χ0) is 18.8. The molecule has 26 heavy (non-hydrogen) atoms. The van der Waals surface area contributed by atoms with Crippen molar-refractivity contribution in [1.29, 1.82) is 0 Å². The highest BCUT2D eigenvalue weighted by Crippen LogP contribution is 2.16. The fourth-order valence-corrected chi connectivity index (χ4v) is 3.30. The molecule has 0 saturated carbocycles. The van der Waals surface area contributed by atoms with Crippen LogP contribution >= 0.6 is 15.9 Å². The van der Waals surface area contributed by atoms with Crippen LogP contribution in [0.4, 0.5) is 0 Å². The average Bonchev–Trinajstić information content (AvgIpc) is 3.10. The molecular weight excluding hydrogens is 392 g/mol. The zero-order valence-corrected chi connectivity index (χ0v) is 17.5. The van der Waals surface area contributed by atoms with Gasteiger partial charge in [0, 0.05) is 37.6 Å². The second kappa shape index (κ2) is 11.0. The lowest BCUT2D eigenvalue weighted by Gasteiger charge is -2.18. The lowest BCUT2D eigenvalue weighted by molar-refractivity contribution is 0.492.